The smallest absolute Gasteiger partial charge is 0.271 e. The molecule has 3 rings (SSSR count). The maximum absolute atomic E-state index is 12.2. The molecule has 6 heteroatoms. The molecule has 0 fully saturated rings. The monoisotopic (exact) mass is 327 g/mol. The van der Waals surface area contributed by atoms with Crippen LogP contribution in [0.2, 0.25) is 0 Å². The van der Waals surface area contributed by atoms with Gasteiger partial charge in [0.2, 0.25) is 5.91 Å². The molecule has 3 aromatic rings. The third-order valence-electron chi connectivity index (χ3n) is 3.72. The van der Waals surface area contributed by atoms with Crippen molar-refractivity contribution >= 4 is 27.5 Å². The zero-order chi connectivity index (χ0) is 16.2. The second kappa shape index (κ2) is 6.75. The highest BCUT2D eigenvalue weighted by Crippen LogP contribution is 2.14. The van der Waals surface area contributed by atoms with Crippen molar-refractivity contribution < 1.29 is 4.79 Å². The Balaban J connectivity index is 1.62. The summed E-state index contributed by atoms with van der Waals surface area (Å²) in [6.45, 7) is 2.58. The van der Waals surface area contributed by atoms with Gasteiger partial charge >= 0.3 is 0 Å². The van der Waals surface area contributed by atoms with E-state index < -0.39 is 0 Å². The molecule has 0 bridgehead atoms. The first kappa shape index (κ1) is 15.4. The molecule has 1 amide bonds. The molecule has 1 unspecified atom stereocenters. The molecule has 2 aromatic heterocycles. The van der Waals surface area contributed by atoms with Crippen LogP contribution in [0.4, 0.5) is 0 Å². The SMILES string of the molecule is CC(CNC(=O)Cn1cnc2ccsc2c1=O)c1ccccc1. The first-order valence-electron chi connectivity index (χ1n) is 7.39. The minimum atomic E-state index is -0.187. The molecule has 0 aliphatic rings. The molecule has 118 valence electrons. The van der Waals surface area contributed by atoms with Gasteiger partial charge in [-0.05, 0) is 22.9 Å². The van der Waals surface area contributed by atoms with Gasteiger partial charge in [-0.25, -0.2) is 4.98 Å². The van der Waals surface area contributed by atoms with Crippen LogP contribution in [0.15, 0.2) is 52.9 Å². The van der Waals surface area contributed by atoms with Gasteiger partial charge in [-0.1, -0.05) is 37.3 Å². The summed E-state index contributed by atoms with van der Waals surface area (Å²) in [5.41, 5.74) is 1.68. The van der Waals surface area contributed by atoms with Crippen molar-refractivity contribution in [3.63, 3.8) is 0 Å². The van der Waals surface area contributed by atoms with Gasteiger partial charge in [0.05, 0.1) is 11.8 Å². The third-order valence-corrected chi connectivity index (χ3v) is 4.62. The number of fused-ring (bicyclic) bond motifs is 1. The van der Waals surface area contributed by atoms with Gasteiger partial charge in [0.15, 0.2) is 0 Å². The molecular weight excluding hydrogens is 310 g/mol. The number of amides is 1. The van der Waals surface area contributed by atoms with E-state index in [-0.39, 0.29) is 23.9 Å². The van der Waals surface area contributed by atoms with Crippen molar-refractivity contribution in [1.29, 1.82) is 0 Å². The van der Waals surface area contributed by atoms with Crippen LogP contribution in [0.25, 0.3) is 10.2 Å². The Morgan fingerprint density at radius 1 is 1.30 bits per heavy atom. The molecule has 23 heavy (non-hydrogen) atoms. The van der Waals surface area contributed by atoms with Crippen LogP contribution in [0, 0.1) is 0 Å². The van der Waals surface area contributed by atoms with Gasteiger partial charge in [0.1, 0.15) is 11.2 Å². The van der Waals surface area contributed by atoms with Crippen LogP contribution in [0.3, 0.4) is 0 Å². The van der Waals surface area contributed by atoms with Gasteiger partial charge in [0, 0.05) is 6.54 Å². The Labute approximate surface area is 137 Å². The number of thiophene rings is 1. The third kappa shape index (κ3) is 3.48. The van der Waals surface area contributed by atoms with Crippen LogP contribution in [-0.2, 0) is 11.3 Å². The number of benzene rings is 1. The Morgan fingerprint density at radius 3 is 2.87 bits per heavy atom. The summed E-state index contributed by atoms with van der Waals surface area (Å²) in [5.74, 6) is 0.0300. The number of carbonyl (C=O) groups is 1. The largest absolute Gasteiger partial charge is 0.354 e. The molecule has 0 saturated carbocycles. The lowest BCUT2D eigenvalue weighted by molar-refractivity contribution is -0.121. The first-order chi connectivity index (χ1) is 11.1. The molecule has 0 saturated heterocycles. The highest BCUT2D eigenvalue weighted by Gasteiger charge is 2.11. The average Bonchev–Trinajstić information content (AvgIpc) is 3.05. The van der Waals surface area contributed by atoms with Crippen molar-refractivity contribution in [3.05, 3.63) is 64.0 Å². The van der Waals surface area contributed by atoms with E-state index in [4.69, 9.17) is 0 Å². The fourth-order valence-electron chi connectivity index (χ4n) is 2.37. The Hall–Kier alpha value is -2.47. The summed E-state index contributed by atoms with van der Waals surface area (Å²) < 4.78 is 1.93. The van der Waals surface area contributed by atoms with E-state index in [2.05, 4.69) is 17.2 Å². The van der Waals surface area contributed by atoms with Crippen molar-refractivity contribution in [3.8, 4) is 0 Å². The second-order valence-electron chi connectivity index (χ2n) is 5.43. The summed E-state index contributed by atoms with van der Waals surface area (Å²) in [4.78, 5) is 28.5. The topological polar surface area (TPSA) is 64.0 Å². The predicted molar refractivity (Wildman–Crippen MR) is 91.7 cm³/mol. The fraction of sp³-hybridized carbons (Fsp3) is 0.235. The lowest BCUT2D eigenvalue weighted by Crippen LogP contribution is -2.34. The number of hydrogen-bond acceptors (Lipinski definition) is 4. The molecule has 0 aliphatic heterocycles. The van der Waals surface area contributed by atoms with Crippen molar-refractivity contribution in [1.82, 2.24) is 14.9 Å². The van der Waals surface area contributed by atoms with Gasteiger partial charge in [-0.2, -0.15) is 0 Å². The average molecular weight is 327 g/mol. The molecule has 5 nitrogen and oxygen atoms in total. The van der Waals surface area contributed by atoms with E-state index in [1.807, 2.05) is 35.7 Å². The summed E-state index contributed by atoms with van der Waals surface area (Å²) >= 11 is 1.34. The molecule has 0 aliphatic carbocycles. The Kier molecular flexibility index (Phi) is 4.52. The number of hydrogen-bond donors (Lipinski definition) is 1. The van der Waals surface area contributed by atoms with Crippen LogP contribution in [0.5, 0.6) is 0 Å². The molecule has 2 heterocycles. The molecule has 1 N–H and O–H groups in total. The molecule has 0 spiro atoms. The van der Waals surface area contributed by atoms with Gasteiger partial charge in [0.25, 0.3) is 5.56 Å². The zero-order valence-electron chi connectivity index (χ0n) is 12.7. The van der Waals surface area contributed by atoms with Crippen molar-refractivity contribution in [2.45, 2.75) is 19.4 Å². The summed E-state index contributed by atoms with van der Waals surface area (Å²) in [6, 6.07) is 11.8. The highest BCUT2D eigenvalue weighted by atomic mass is 32.1. The van der Waals surface area contributed by atoms with Crippen molar-refractivity contribution in [2.75, 3.05) is 6.54 Å². The Morgan fingerprint density at radius 2 is 2.09 bits per heavy atom. The van der Waals surface area contributed by atoms with Gasteiger partial charge in [-0.15, -0.1) is 11.3 Å². The van der Waals surface area contributed by atoms with Gasteiger partial charge < -0.3 is 5.32 Å². The van der Waals surface area contributed by atoms with E-state index in [0.29, 0.717) is 16.8 Å². The van der Waals surface area contributed by atoms with Crippen LogP contribution >= 0.6 is 11.3 Å². The molecular formula is C17H17N3O2S. The summed E-state index contributed by atoms with van der Waals surface area (Å²) in [7, 11) is 0. The van der Waals surface area contributed by atoms with Crippen LogP contribution in [-0.4, -0.2) is 22.0 Å². The first-order valence-corrected chi connectivity index (χ1v) is 8.27. The maximum Gasteiger partial charge on any atom is 0.271 e. The number of nitrogens with one attached hydrogen (secondary N) is 1. The predicted octanol–water partition coefficient (Wildman–Crippen LogP) is 2.38. The van der Waals surface area contributed by atoms with Gasteiger partial charge in [-0.3, -0.25) is 14.2 Å². The lowest BCUT2D eigenvalue weighted by atomic mass is 10.0. The second-order valence-corrected chi connectivity index (χ2v) is 6.34. The quantitative estimate of drug-likeness (QED) is 0.782. The maximum atomic E-state index is 12.2. The lowest BCUT2D eigenvalue weighted by Gasteiger charge is -2.13. The van der Waals surface area contributed by atoms with Crippen LogP contribution in [0.1, 0.15) is 18.4 Å². The minimum absolute atomic E-state index is 0.0127. The fourth-order valence-corrected chi connectivity index (χ4v) is 3.16. The highest BCUT2D eigenvalue weighted by molar-refractivity contribution is 7.17. The summed E-state index contributed by atoms with van der Waals surface area (Å²) in [6.07, 6.45) is 1.43. The molecule has 1 aromatic carbocycles. The van der Waals surface area contributed by atoms with Crippen LogP contribution < -0.4 is 10.9 Å². The van der Waals surface area contributed by atoms with Crippen molar-refractivity contribution in [2.24, 2.45) is 0 Å². The zero-order valence-corrected chi connectivity index (χ0v) is 13.5. The van der Waals surface area contributed by atoms with E-state index in [9.17, 15) is 9.59 Å². The van der Waals surface area contributed by atoms with E-state index >= 15 is 0 Å². The van der Waals surface area contributed by atoms with E-state index in [1.165, 1.54) is 27.8 Å². The summed E-state index contributed by atoms with van der Waals surface area (Å²) in [5, 5.41) is 4.70. The Bertz CT molecular complexity index is 870. The number of aromatic nitrogens is 2. The molecule has 0 radical (unpaired) electrons. The minimum Gasteiger partial charge on any atom is -0.354 e. The normalized spacial score (nSPS) is 12.2. The number of carbonyl (C=O) groups excluding carboxylic acids is 1. The standard InChI is InChI=1S/C17H17N3O2S/c1-12(13-5-3-2-4-6-13)9-18-15(21)10-20-11-19-14-7-8-23-16(14)17(20)22/h2-8,11-12H,9-10H2,1H3,(H,18,21). The molecule has 1 atom stereocenters. The number of rotatable bonds is 5. The van der Waals surface area contributed by atoms with E-state index in [1.54, 1.807) is 6.07 Å². The van der Waals surface area contributed by atoms with E-state index in [0.717, 1.165) is 0 Å². The number of nitrogens with zero attached hydrogens (tertiary/aromatic N) is 2.